The number of urea groups is 1. The number of H-pyrrole nitrogens is 2. The summed E-state index contributed by atoms with van der Waals surface area (Å²) in [7, 11) is 1.51. The molecule has 5 atom stereocenters. The van der Waals surface area contributed by atoms with E-state index in [-0.39, 0.29) is 32.2 Å². The van der Waals surface area contributed by atoms with E-state index in [1.807, 2.05) is 24.3 Å². The molecule has 5 aromatic rings. The van der Waals surface area contributed by atoms with E-state index < -0.39 is 65.8 Å². The fourth-order valence-corrected chi connectivity index (χ4v) is 6.76. The Balaban J connectivity index is 1.35. The normalized spacial score (nSPS) is 13.4. The van der Waals surface area contributed by atoms with Crippen molar-refractivity contribution in [3.63, 3.8) is 0 Å². The third-order valence-corrected chi connectivity index (χ3v) is 10.3. The summed E-state index contributed by atoms with van der Waals surface area (Å²) in [4.78, 5) is 91.7. The molecular formula is C44H56N12O7. The van der Waals surface area contributed by atoms with Crippen LogP contribution in [0.5, 0.6) is 5.75 Å². The Hall–Kier alpha value is -7.25. The van der Waals surface area contributed by atoms with E-state index in [0.29, 0.717) is 42.0 Å². The number of primary amides is 1. The summed E-state index contributed by atoms with van der Waals surface area (Å²) in [5.41, 5.74) is 23.5. The summed E-state index contributed by atoms with van der Waals surface area (Å²) < 4.78 is 5.28. The van der Waals surface area contributed by atoms with Crippen LogP contribution in [0.2, 0.25) is 0 Å². The molecule has 0 aliphatic carbocycles. The average molecular weight is 865 g/mol. The van der Waals surface area contributed by atoms with Crippen molar-refractivity contribution in [1.82, 2.24) is 46.7 Å². The van der Waals surface area contributed by atoms with Crippen LogP contribution in [-0.2, 0) is 49.8 Å². The van der Waals surface area contributed by atoms with Crippen LogP contribution in [-0.4, -0.2) is 99.4 Å². The Labute approximate surface area is 364 Å². The van der Waals surface area contributed by atoms with E-state index >= 15 is 0 Å². The highest BCUT2D eigenvalue weighted by Crippen LogP contribution is 2.20. The second-order valence-corrected chi connectivity index (χ2v) is 15.1. The van der Waals surface area contributed by atoms with Gasteiger partial charge in [0, 0.05) is 48.3 Å². The maximum Gasteiger partial charge on any atom is 0.337 e. The van der Waals surface area contributed by atoms with Gasteiger partial charge in [0.2, 0.25) is 23.6 Å². The predicted octanol–water partition coefficient (Wildman–Crippen LogP) is 0.955. The minimum Gasteiger partial charge on any atom is -0.497 e. The Morgan fingerprint density at radius 3 is 2.11 bits per heavy atom. The molecule has 19 heteroatoms. The number of rotatable bonds is 22. The lowest BCUT2D eigenvalue weighted by Crippen LogP contribution is -2.60. The largest absolute Gasteiger partial charge is 0.497 e. The number of unbranched alkanes of at least 4 members (excludes halogenated alkanes) is 1. The van der Waals surface area contributed by atoms with Crippen molar-refractivity contribution in [3.05, 3.63) is 120 Å². The lowest BCUT2D eigenvalue weighted by molar-refractivity contribution is -0.133. The number of fused-ring (bicyclic) bond motifs is 1. The number of hydrogen-bond donors (Lipinski definition) is 10. The molecule has 13 N–H and O–H groups in total. The molecule has 2 heterocycles. The first-order chi connectivity index (χ1) is 30.3. The third-order valence-electron chi connectivity index (χ3n) is 10.3. The highest BCUT2D eigenvalue weighted by atomic mass is 16.5. The first kappa shape index (κ1) is 46.8. The maximum atomic E-state index is 14.2. The lowest BCUT2D eigenvalue weighted by atomic mass is 10.0. The summed E-state index contributed by atoms with van der Waals surface area (Å²) in [5, 5.41) is 12.6. The van der Waals surface area contributed by atoms with E-state index in [9.17, 15) is 28.8 Å². The first-order valence-electron chi connectivity index (χ1n) is 20.6. The minimum atomic E-state index is -1.25. The highest BCUT2D eigenvalue weighted by Gasteiger charge is 2.31. The van der Waals surface area contributed by atoms with E-state index in [2.05, 4.69) is 41.6 Å². The van der Waals surface area contributed by atoms with Crippen LogP contribution in [0, 0.1) is 0 Å². The van der Waals surface area contributed by atoms with Crippen LogP contribution in [0.1, 0.15) is 48.6 Å². The lowest BCUT2D eigenvalue weighted by Gasteiger charge is -2.29. The van der Waals surface area contributed by atoms with Gasteiger partial charge >= 0.3 is 6.03 Å². The van der Waals surface area contributed by atoms with Gasteiger partial charge in [-0.1, -0.05) is 60.7 Å². The van der Waals surface area contributed by atoms with Crippen molar-refractivity contribution in [2.45, 2.75) is 82.2 Å². The smallest absolute Gasteiger partial charge is 0.337 e. The Morgan fingerprint density at radius 2 is 1.43 bits per heavy atom. The molecule has 334 valence electrons. The quantitative estimate of drug-likeness (QED) is 0.0347. The van der Waals surface area contributed by atoms with Crippen molar-refractivity contribution in [2.75, 3.05) is 13.7 Å². The van der Waals surface area contributed by atoms with Gasteiger partial charge < -0.3 is 53.2 Å². The van der Waals surface area contributed by atoms with Crippen molar-refractivity contribution >= 4 is 46.5 Å². The van der Waals surface area contributed by atoms with Crippen molar-refractivity contribution in [2.24, 2.45) is 17.2 Å². The van der Waals surface area contributed by atoms with Gasteiger partial charge in [0.15, 0.2) is 0 Å². The van der Waals surface area contributed by atoms with Crippen molar-refractivity contribution in [3.8, 4) is 5.75 Å². The second-order valence-electron chi connectivity index (χ2n) is 15.1. The number of imidazole rings is 1. The van der Waals surface area contributed by atoms with Gasteiger partial charge in [-0.05, 0) is 67.6 Å². The molecule has 0 unspecified atom stereocenters. The van der Waals surface area contributed by atoms with Gasteiger partial charge in [0.25, 0.3) is 5.91 Å². The number of amides is 7. The molecule has 0 aliphatic heterocycles. The zero-order valence-electron chi connectivity index (χ0n) is 35.3. The molecule has 0 saturated heterocycles. The molecule has 0 saturated carbocycles. The zero-order valence-corrected chi connectivity index (χ0v) is 35.3. The third kappa shape index (κ3) is 13.9. The fourth-order valence-electron chi connectivity index (χ4n) is 6.76. The maximum absolute atomic E-state index is 14.2. The van der Waals surface area contributed by atoms with Crippen LogP contribution in [0.15, 0.2) is 97.6 Å². The number of nitrogens with zero attached hydrogens (tertiary/aromatic N) is 2. The number of nitrogens with one attached hydrogen (secondary N) is 7. The number of nitrogens with two attached hydrogens (primary N) is 3. The SMILES string of the molecule is COc1ccc(CN(NC(=O)[C@H](C)NC(=O)[C@@H](Cc2c[nH]c3ccccc23)NC(=O)[C@@H](N)Cc2cnc[nH]2)C(=O)N[C@H](Cc2ccccc2)C(=O)N[C@@H](CCCCN)C(N)=O)cc1. The standard InChI is InChI=1S/C44H56N12O7/c1-27(51-42(60)38(21-30-23-49-35-13-7-6-12-33(30)35)53-41(59)34(46)22-31-24-48-26-50-31)40(58)55-56(25-29-15-17-32(63-2)18-16-29)44(62)54-37(20-28-10-4-3-5-11-28)43(61)52-36(39(47)57)14-8-9-19-45/h3-7,10-13,15-18,23-24,26-27,34,36-38,49H,8-9,14,19-22,25,45-46H2,1-2H3,(H2,47,57)(H,48,50)(H,51,60)(H,52,61)(H,53,59)(H,54,62)(H,55,58)/t27-,34-,36-,37+,38+/m0/s1. The molecule has 0 fully saturated rings. The number of carbonyl (C=O) groups is 6. The van der Waals surface area contributed by atoms with E-state index in [1.54, 1.807) is 67.0 Å². The zero-order chi connectivity index (χ0) is 45.3. The van der Waals surface area contributed by atoms with E-state index in [4.69, 9.17) is 21.9 Å². The highest BCUT2D eigenvalue weighted by molar-refractivity contribution is 5.95. The topological polar surface area (TPSA) is 298 Å². The summed E-state index contributed by atoms with van der Waals surface area (Å²) >= 11 is 0. The van der Waals surface area contributed by atoms with Crippen LogP contribution in [0.3, 0.4) is 0 Å². The molecule has 0 bridgehead atoms. The summed E-state index contributed by atoms with van der Waals surface area (Å²) in [5.74, 6) is -2.94. The van der Waals surface area contributed by atoms with Crippen molar-refractivity contribution in [1.29, 1.82) is 0 Å². The number of hydrazine groups is 1. The minimum absolute atomic E-state index is 0.0264. The summed E-state index contributed by atoms with van der Waals surface area (Å²) in [6, 6.07) is 16.6. The Bertz CT molecular complexity index is 2290. The number of carbonyl (C=O) groups excluding carboxylic acids is 6. The molecule has 7 amide bonds. The van der Waals surface area contributed by atoms with Crippen LogP contribution < -0.4 is 48.6 Å². The Morgan fingerprint density at radius 1 is 0.746 bits per heavy atom. The predicted molar refractivity (Wildman–Crippen MR) is 235 cm³/mol. The number of benzene rings is 3. The van der Waals surface area contributed by atoms with E-state index in [1.165, 1.54) is 20.4 Å². The number of ether oxygens (including phenoxy) is 1. The molecule has 63 heavy (non-hydrogen) atoms. The van der Waals surface area contributed by atoms with Gasteiger partial charge in [0.1, 0.15) is 29.9 Å². The van der Waals surface area contributed by atoms with Gasteiger partial charge in [-0.15, -0.1) is 0 Å². The molecule has 19 nitrogen and oxygen atoms in total. The molecule has 2 aromatic heterocycles. The molecule has 5 rings (SSSR count). The van der Waals surface area contributed by atoms with Crippen LogP contribution in [0.25, 0.3) is 10.9 Å². The van der Waals surface area contributed by atoms with Crippen LogP contribution >= 0.6 is 0 Å². The fraction of sp³-hybridized carbons (Fsp3) is 0.341. The van der Waals surface area contributed by atoms with Gasteiger partial charge in [-0.3, -0.25) is 29.4 Å². The molecule has 0 spiro atoms. The first-order valence-corrected chi connectivity index (χ1v) is 20.6. The second kappa shape index (κ2) is 23.1. The number of hydrogen-bond acceptors (Lipinski definition) is 10. The molecule has 0 radical (unpaired) electrons. The Kier molecular flexibility index (Phi) is 17.2. The molecule has 3 aromatic carbocycles. The van der Waals surface area contributed by atoms with Crippen molar-refractivity contribution < 1.29 is 33.5 Å². The number of aromatic amines is 2. The number of aromatic nitrogens is 3. The van der Waals surface area contributed by atoms with E-state index in [0.717, 1.165) is 21.5 Å². The van der Waals surface area contributed by atoms with Crippen LogP contribution in [0.4, 0.5) is 4.79 Å². The number of methoxy groups -OCH3 is 1. The summed E-state index contributed by atoms with van der Waals surface area (Å²) in [6.45, 7) is 1.64. The molecule has 0 aliphatic rings. The van der Waals surface area contributed by atoms with Gasteiger partial charge in [-0.2, -0.15) is 0 Å². The molecular weight excluding hydrogens is 809 g/mol. The van der Waals surface area contributed by atoms with Gasteiger partial charge in [-0.25, -0.2) is 14.8 Å². The summed E-state index contributed by atoms with van der Waals surface area (Å²) in [6.07, 6.45) is 6.36. The average Bonchev–Trinajstić information content (AvgIpc) is 3.95. The number of para-hydroxylation sites is 1. The van der Waals surface area contributed by atoms with Gasteiger partial charge in [0.05, 0.1) is 26.0 Å². The monoisotopic (exact) mass is 864 g/mol.